The van der Waals surface area contributed by atoms with E-state index < -0.39 is 28.5 Å². The Morgan fingerprint density at radius 2 is 1.07 bits per heavy atom. The Morgan fingerprint density at radius 1 is 0.622 bits per heavy atom. The van der Waals surface area contributed by atoms with Gasteiger partial charge in [0.15, 0.2) is 0 Å². The molecule has 0 atom stereocenters. The zero-order valence-electron chi connectivity index (χ0n) is 25.3. The van der Waals surface area contributed by atoms with E-state index in [1.165, 1.54) is 34.4 Å². The molecule has 45 heavy (non-hydrogen) atoms. The summed E-state index contributed by atoms with van der Waals surface area (Å²) >= 11 is 1.18. The summed E-state index contributed by atoms with van der Waals surface area (Å²) in [5.41, 5.74) is 7.14. The second-order valence-electron chi connectivity index (χ2n) is 10.4. The van der Waals surface area contributed by atoms with Crippen LogP contribution in [0.2, 0.25) is 0 Å². The van der Waals surface area contributed by atoms with E-state index >= 15 is 0 Å². The van der Waals surface area contributed by atoms with Gasteiger partial charge in [0.2, 0.25) is 0 Å². The zero-order chi connectivity index (χ0) is 31.1. The Bertz CT molecular complexity index is 1830. The zero-order valence-corrected chi connectivity index (χ0v) is 29.3. The van der Waals surface area contributed by atoms with Gasteiger partial charge in [0.25, 0.3) is 0 Å². The van der Waals surface area contributed by atoms with Crippen molar-refractivity contribution < 1.29 is 13.6 Å². The molecule has 6 rings (SSSR count). The van der Waals surface area contributed by atoms with E-state index in [2.05, 4.69) is 115 Å². The molecule has 1 aromatic heterocycles. The molecule has 0 saturated carbocycles. The van der Waals surface area contributed by atoms with Crippen molar-refractivity contribution in [2.75, 3.05) is 13.2 Å². The van der Waals surface area contributed by atoms with Gasteiger partial charge >= 0.3 is 241 Å². The molecule has 0 fully saturated rings. The summed E-state index contributed by atoms with van der Waals surface area (Å²) in [4.78, 5) is 2.31. The van der Waals surface area contributed by atoms with Crippen LogP contribution < -0.4 is 5.30 Å². The van der Waals surface area contributed by atoms with Crippen LogP contribution in [0.15, 0.2) is 145 Å². The fourth-order valence-electron chi connectivity index (χ4n) is 5.11. The van der Waals surface area contributed by atoms with Gasteiger partial charge in [-0.05, 0) is 13.8 Å². The maximum atomic E-state index is 13.4. The van der Waals surface area contributed by atoms with Crippen LogP contribution in [0.5, 0.6) is 0 Å². The minimum absolute atomic E-state index is 0.321. The molecule has 0 unspecified atom stereocenters. The predicted molar refractivity (Wildman–Crippen MR) is 193 cm³/mol. The normalized spacial score (nSPS) is 13.2. The van der Waals surface area contributed by atoms with Gasteiger partial charge in [-0.3, -0.25) is 4.57 Å². The second-order valence-corrected chi connectivity index (χ2v) is 16.6. The summed E-state index contributed by atoms with van der Waals surface area (Å²) in [6.45, 7) is 4.30. The first kappa shape index (κ1) is 31.6. The van der Waals surface area contributed by atoms with E-state index in [-0.39, 0.29) is 0 Å². The van der Waals surface area contributed by atoms with Gasteiger partial charge < -0.3 is 9.05 Å². The van der Waals surface area contributed by atoms with Gasteiger partial charge in [0.1, 0.15) is 0 Å². The van der Waals surface area contributed by atoms with Crippen LogP contribution in [0.4, 0.5) is 0 Å². The van der Waals surface area contributed by atoms with Crippen molar-refractivity contribution in [3.8, 4) is 20.9 Å². The van der Waals surface area contributed by atoms with Gasteiger partial charge in [-0.25, -0.2) is 0 Å². The van der Waals surface area contributed by atoms with E-state index in [4.69, 9.17) is 9.05 Å². The first-order valence-electron chi connectivity index (χ1n) is 15.0. The molecule has 4 aromatic carbocycles. The summed E-state index contributed by atoms with van der Waals surface area (Å²) in [5.74, 6) is 0. The number of benzene rings is 4. The molecule has 224 valence electrons. The fraction of sp³-hybridized carbons (Fsp3) is 0.103. The van der Waals surface area contributed by atoms with Gasteiger partial charge in [0.05, 0.1) is 13.2 Å². The van der Waals surface area contributed by atoms with Crippen LogP contribution in [-0.2, 0) is 13.6 Å². The van der Waals surface area contributed by atoms with Gasteiger partial charge in [-0.1, -0.05) is 0 Å². The second kappa shape index (κ2) is 14.8. The molecule has 1 aliphatic rings. The molecule has 0 spiro atoms. The average Bonchev–Trinajstić information content (AvgIpc) is 3.09. The van der Waals surface area contributed by atoms with Crippen LogP contribution in [0.1, 0.15) is 30.5 Å². The van der Waals surface area contributed by atoms with Crippen molar-refractivity contribution >= 4 is 58.5 Å². The third-order valence-corrected chi connectivity index (χ3v) is 13.8. The van der Waals surface area contributed by atoms with E-state index in [9.17, 15) is 4.57 Å². The topological polar surface area (TPSA) is 35.5 Å². The summed E-state index contributed by atoms with van der Waals surface area (Å²) in [5, 5.41) is 0.574. The molecule has 1 aliphatic heterocycles. The Labute approximate surface area is 280 Å². The molecule has 0 radical (unpaired) electrons. The van der Waals surface area contributed by atoms with Crippen molar-refractivity contribution in [2.45, 2.75) is 13.8 Å². The monoisotopic (exact) mass is 743 g/mol. The summed E-state index contributed by atoms with van der Waals surface area (Å²) in [6.07, 6.45) is 7.04. The van der Waals surface area contributed by atoms with Crippen LogP contribution >= 0.6 is 18.9 Å². The van der Waals surface area contributed by atoms with Gasteiger partial charge in [-0.15, -0.1) is 0 Å². The molecule has 5 aromatic rings. The van der Waals surface area contributed by atoms with Crippen LogP contribution in [0, 0.1) is 0 Å². The molecule has 0 N–H and O–H groups in total. The third kappa shape index (κ3) is 7.71. The third-order valence-electron chi connectivity index (χ3n) is 7.21. The molecule has 0 bridgehead atoms. The molecule has 0 aliphatic carbocycles. The Hall–Kier alpha value is -3.39. The minimum atomic E-state index is -3.35. The van der Waals surface area contributed by atoms with E-state index in [1.54, 1.807) is 11.3 Å². The molecule has 2 heterocycles. The summed E-state index contributed by atoms with van der Waals surface area (Å²) in [7, 11) is -3.35. The van der Waals surface area contributed by atoms with Crippen molar-refractivity contribution in [2.24, 2.45) is 0 Å². The van der Waals surface area contributed by atoms with Crippen molar-refractivity contribution in [1.29, 1.82) is 0 Å². The standard InChI is InChI=1S/C39H34O3PSTe/c1-3-41-43(40,42-4-2)35-22-20-32(21-23-35)37-26-29(25-36(44-37)31-14-8-5-9-15-31)24-30-27-38(33-16-10-6-11-17-33)45-39(28-30)34-18-12-7-13-19-34/h5-28H,3-4H2,1-2H3/q+1. The number of hydrogen-bond acceptors (Lipinski definition) is 3. The Morgan fingerprint density at radius 3 is 1.53 bits per heavy atom. The molecular formula is C39H34O3PSTe+. The van der Waals surface area contributed by atoms with E-state index in [0.29, 0.717) is 18.5 Å². The first-order valence-corrected chi connectivity index (χ1v) is 19.7. The number of allylic oxidation sites excluding steroid dienone is 3. The van der Waals surface area contributed by atoms with Crippen molar-refractivity contribution in [1.82, 2.24) is 0 Å². The van der Waals surface area contributed by atoms with E-state index in [0.717, 1.165) is 16.0 Å². The summed E-state index contributed by atoms with van der Waals surface area (Å²) in [6, 6.07) is 44.4. The van der Waals surface area contributed by atoms with Crippen molar-refractivity contribution in [3.63, 3.8) is 0 Å². The van der Waals surface area contributed by atoms with Gasteiger partial charge in [0, 0.05) is 0 Å². The van der Waals surface area contributed by atoms with E-state index in [1.807, 2.05) is 44.2 Å². The fourth-order valence-corrected chi connectivity index (χ4v) is 11.1. The maximum absolute atomic E-state index is 13.4. The Kier molecular flexibility index (Phi) is 10.4. The molecule has 6 heteroatoms. The first-order chi connectivity index (χ1) is 22.0. The molecule has 3 nitrogen and oxygen atoms in total. The van der Waals surface area contributed by atoms with Crippen LogP contribution in [0.25, 0.3) is 34.2 Å². The van der Waals surface area contributed by atoms with Crippen molar-refractivity contribution in [3.05, 3.63) is 162 Å². The number of rotatable bonds is 10. The van der Waals surface area contributed by atoms with Crippen LogP contribution in [-0.4, -0.2) is 34.1 Å². The predicted octanol–water partition coefficient (Wildman–Crippen LogP) is 10.4. The van der Waals surface area contributed by atoms with Gasteiger partial charge in [-0.2, -0.15) is 0 Å². The SMILES string of the molecule is CCOP(=O)(OCC)c1ccc(-c2cc(C=C3C=C(c4ccccc4)[Te]C(c4ccccc4)=C3)cc(-c3ccccc3)[s+]2)cc1. The van der Waals surface area contributed by atoms with Crippen LogP contribution in [0.3, 0.4) is 0 Å². The average molecular weight is 741 g/mol. The molecule has 0 amide bonds. The molecular weight excluding hydrogens is 707 g/mol. The quantitative estimate of drug-likeness (QED) is 0.0813. The number of hydrogen-bond donors (Lipinski definition) is 0. The Balaban J connectivity index is 1.45. The molecule has 0 saturated heterocycles. The summed E-state index contributed by atoms with van der Waals surface area (Å²) < 4.78 is 27.4.